The highest BCUT2D eigenvalue weighted by atomic mass is 32.2. The number of rotatable bonds is 4. The van der Waals surface area contributed by atoms with Crippen LogP contribution in [0.3, 0.4) is 0 Å². The Kier molecular flexibility index (Phi) is 4.79. The lowest BCUT2D eigenvalue weighted by Gasteiger charge is -2.17. The van der Waals surface area contributed by atoms with Gasteiger partial charge in [-0.1, -0.05) is 23.8 Å². The van der Waals surface area contributed by atoms with Crippen LogP contribution in [0, 0.1) is 0 Å². The first kappa shape index (κ1) is 17.8. The molecule has 2 aromatic rings. The van der Waals surface area contributed by atoms with Crippen LogP contribution in [0.5, 0.6) is 0 Å². The van der Waals surface area contributed by atoms with Gasteiger partial charge >= 0.3 is 6.18 Å². The summed E-state index contributed by atoms with van der Waals surface area (Å²) in [4.78, 5) is 1.76. The molecule has 0 bridgehead atoms. The standard InChI is InChI=1S/C14H20F3N4OS/c1-9(10-6-11(19-22-10)14(15,16)17)7-21-18-12(23-5)8-20(21)13(2,3)4/h6,8-9H,7H2,1-5H3/q+1. The molecule has 0 aliphatic carbocycles. The summed E-state index contributed by atoms with van der Waals surface area (Å²) >= 11 is 1.51. The molecule has 1 atom stereocenters. The first-order chi connectivity index (χ1) is 10.5. The maximum Gasteiger partial charge on any atom is 0.436 e. The van der Waals surface area contributed by atoms with E-state index >= 15 is 0 Å². The minimum atomic E-state index is -4.50. The highest BCUT2D eigenvalue weighted by Gasteiger charge is 2.36. The Labute approximate surface area is 136 Å². The van der Waals surface area contributed by atoms with Crippen LogP contribution in [0.2, 0.25) is 0 Å². The molecule has 0 aromatic carbocycles. The largest absolute Gasteiger partial charge is 0.436 e. The molecule has 0 saturated carbocycles. The minimum absolute atomic E-state index is 0.194. The fourth-order valence-corrected chi connectivity index (χ4v) is 2.49. The van der Waals surface area contributed by atoms with Gasteiger partial charge < -0.3 is 4.52 Å². The van der Waals surface area contributed by atoms with Crippen LogP contribution in [0.1, 0.15) is 45.1 Å². The molecule has 2 heterocycles. The summed E-state index contributed by atoms with van der Waals surface area (Å²) in [6.07, 6.45) is -0.640. The van der Waals surface area contributed by atoms with Crippen molar-refractivity contribution in [3.63, 3.8) is 0 Å². The monoisotopic (exact) mass is 349 g/mol. The van der Waals surface area contributed by atoms with Crippen LogP contribution < -0.4 is 4.68 Å². The number of hydrogen-bond acceptors (Lipinski definition) is 4. The lowest BCUT2D eigenvalue weighted by atomic mass is 10.1. The summed E-state index contributed by atoms with van der Waals surface area (Å²) < 4.78 is 44.7. The summed E-state index contributed by atoms with van der Waals surface area (Å²) in [5.74, 6) is -0.0965. The van der Waals surface area contributed by atoms with Crippen molar-refractivity contribution in [2.24, 2.45) is 0 Å². The number of nitrogens with zero attached hydrogens (tertiary/aromatic N) is 4. The molecular formula is C14H20F3N4OS+. The minimum Gasteiger partial charge on any atom is -0.360 e. The van der Waals surface area contributed by atoms with Gasteiger partial charge in [0.2, 0.25) is 0 Å². The van der Waals surface area contributed by atoms with Gasteiger partial charge in [0.25, 0.3) is 5.03 Å². The van der Waals surface area contributed by atoms with Gasteiger partial charge in [-0.05, 0) is 31.8 Å². The number of halogens is 3. The van der Waals surface area contributed by atoms with E-state index in [9.17, 15) is 13.2 Å². The summed E-state index contributed by atoms with van der Waals surface area (Å²) in [5, 5.41) is 8.42. The molecule has 1 unspecified atom stereocenters. The van der Waals surface area contributed by atoms with E-state index in [0.29, 0.717) is 6.54 Å². The second kappa shape index (κ2) is 6.18. The van der Waals surface area contributed by atoms with Crippen molar-refractivity contribution in [3.8, 4) is 0 Å². The first-order valence-corrected chi connectivity index (χ1v) is 8.33. The van der Waals surface area contributed by atoms with E-state index < -0.39 is 11.9 Å². The third kappa shape index (κ3) is 4.07. The molecular weight excluding hydrogens is 329 g/mol. The highest BCUT2D eigenvalue weighted by Crippen LogP contribution is 2.30. The summed E-state index contributed by atoms with van der Waals surface area (Å²) in [5.41, 5.74) is -1.20. The van der Waals surface area contributed by atoms with Crippen LogP contribution in [0.25, 0.3) is 0 Å². The molecule has 0 spiro atoms. The molecule has 0 aliphatic rings. The van der Waals surface area contributed by atoms with Gasteiger partial charge in [-0.3, -0.25) is 0 Å². The van der Waals surface area contributed by atoms with E-state index in [4.69, 9.17) is 4.52 Å². The lowest BCUT2D eigenvalue weighted by Crippen LogP contribution is -2.56. The van der Waals surface area contributed by atoms with Crippen LogP contribution >= 0.6 is 11.8 Å². The van der Waals surface area contributed by atoms with Gasteiger partial charge in [-0.25, -0.2) is 0 Å². The van der Waals surface area contributed by atoms with Gasteiger partial charge in [-0.15, -0.1) is 0 Å². The van der Waals surface area contributed by atoms with E-state index in [2.05, 4.69) is 10.3 Å². The van der Waals surface area contributed by atoms with Gasteiger partial charge in [-0.2, -0.15) is 17.9 Å². The Balaban J connectivity index is 2.25. The Morgan fingerprint density at radius 1 is 1.35 bits per heavy atom. The number of alkyl halides is 3. The second-order valence-corrected chi connectivity index (χ2v) is 7.18. The number of hydrogen-bond donors (Lipinski definition) is 0. The Hall–Kier alpha value is -1.51. The Morgan fingerprint density at radius 2 is 2.00 bits per heavy atom. The molecule has 0 radical (unpaired) electrons. The molecule has 0 aliphatic heterocycles. The van der Waals surface area contributed by atoms with Crippen LogP contribution in [-0.2, 0) is 18.3 Å². The third-order valence-electron chi connectivity index (χ3n) is 3.33. The molecule has 0 amide bonds. The summed E-state index contributed by atoms with van der Waals surface area (Å²) in [6.45, 7) is 8.29. The van der Waals surface area contributed by atoms with Crippen LogP contribution in [0.15, 0.2) is 21.8 Å². The zero-order valence-corrected chi connectivity index (χ0v) is 14.5. The fourth-order valence-electron chi connectivity index (χ4n) is 2.11. The number of aromatic nitrogens is 4. The predicted octanol–water partition coefficient (Wildman–Crippen LogP) is 3.46. The van der Waals surface area contributed by atoms with E-state index in [1.165, 1.54) is 11.8 Å². The molecule has 0 fully saturated rings. The first-order valence-electron chi connectivity index (χ1n) is 7.10. The average Bonchev–Trinajstić information content (AvgIpc) is 3.03. The van der Waals surface area contributed by atoms with E-state index in [1.54, 1.807) is 11.7 Å². The van der Waals surface area contributed by atoms with Gasteiger partial charge in [0.1, 0.15) is 17.8 Å². The average molecular weight is 349 g/mol. The Morgan fingerprint density at radius 3 is 2.48 bits per heavy atom. The van der Waals surface area contributed by atoms with Gasteiger partial charge in [0.15, 0.2) is 11.9 Å². The topological polar surface area (TPSA) is 47.7 Å². The summed E-state index contributed by atoms with van der Waals surface area (Å²) in [6, 6.07) is 0.949. The fraction of sp³-hybridized carbons (Fsp3) is 0.643. The second-order valence-electron chi connectivity index (χ2n) is 6.36. The maximum absolute atomic E-state index is 12.6. The van der Waals surface area contributed by atoms with Crippen molar-refractivity contribution in [1.82, 2.24) is 15.1 Å². The van der Waals surface area contributed by atoms with Crippen molar-refractivity contribution in [2.45, 2.75) is 56.9 Å². The molecule has 0 saturated heterocycles. The lowest BCUT2D eigenvalue weighted by molar-refractivity contribution is -0.829. The van der Waals surface area contributed by atoms with Gasteiger partial charge in [0.05, 0.1) is 5.10 Å². The SMILES string of the molecule is CSc1c[n+](C(C)(C)C)n(CC(C)c2cc(C(F)(F)F)no2)n1. The van der Waals surface area contributed by atoms with Crippen LogP contribution in [-0.4, -0.2) is 21.3 Å². The molecule has 128 valence electrons. The van der Waals surface area contributed by atoms with Crippen molar-refractivity contribution >= 4 is 11.8 Å². The van der Waals surface area contributed by atoms with Crippen molar-refractivity contribution in [3.05, 3.63) is 23.7 Å². The molecule has 2 aromatic heterocycles. The maximum atomic E-state index is 12.6. The normalized spacial score (nSPS) is 14.3. The van der Waals surface area contributed by atoms with Gasteiger partial charge in [0, 0.05) is 12.0 Å². The highest BCUT2D eigenvalue weighted by molar-refractivity contribution is 7.98. The molecule has 2 rings (SSSR count). The van der Waals surface area contributed by atoms with E-state index in [0.717, 1.165) is 11.1 Å². The van der Waals surface area contributed by atoms with Crippen LogP contribution in [0.4, 0.5) is 13.2 Å². The predicted molar refractivity (Wildman–Crippen MR) is 79.1 cm³/mol. The van der Waals surface area contributed by atoms with Crippen molar-refractivity contribution < 1.29 is 22.4 Å². The van der Waals surface area contributed by atoms with E-state index in [-0.39, 0.29) is 17.2 Å². The Bertz CT molecular complexity index is 672. The summed E-state index contributed by atoms with van der Waals surface area (Å²) in [7, 11) is 0. The smallest absolute Gasteiger partial charge is 0.360 e. The molecule has 0 N–H and O–H groups in total. The quantitative estimate of drug-likeness (QED) is 0.626. The van der Waals surface area contributed by atoms with Crippen molar-refractivity contribution in [2.75, 3.05) is 6.26 Å². The van der Waals surface area contributed by atoms with E-state index in [1.807, 2.05) is 37.9 Å². The third-order valence-corrected chi connectivity index (χ3v) is 3.94. The molecule has 9 heteroatoms. The zero-order valence-electron chi connectivity index (χ0n) is 13.7. The zero-order chi connectivity index (χ0) is 17.4. The van der Waals surface area contributed by atoms with Crippen molar-refractivity contribution in [1.29, 1.82) is 0 Å². The number of thioether (sulfide) groups is 1. The molecule has 5 nitrogen and oxygen atoms in total. The molecule has 23 heavy (non-hydrogen) atoms.